The molecule has 7 heteroatoms. The van der Waals surface area contributed by atoms with Crippen LogP contribution in [-0.4, -0.2) is 63.8 Å². The highest BCUT2D eigenvalue weighted by Crippen LogP contribution is 2.22. The molecule has 0 atom stereocenters. The average molecular weight is 368 g/mol. The molecule has 1 aromatic rings. The predicted molar refractivity (Wildman–Crippen MR) is 99.1 cm³/mol. The third-order valence-corrected chi connectivity index (χ3v) is 6.17. The lowest BCUT2D eigenvalue weighted by atomic mass is 9.93. The van der Waals surface area contributed by atoms with Crippen molar-refractivity contribution in [1.82, 2.24) is 14.5 Å². The number of rotatable bonds is 7. The van der Waals surface area contributed by atoms with Gasteiger partial charge in [0, 0.05) is 31.7 Å². The van der Waals surface area contributed by atoms with Crippen LogP contribution in [0, 0.1) is 5.41 Å². The molecule has 25 heavy (non-hydrogen) atoms. The minimum atomic E-state index is -3.51. The Labute approximate surface area is 151 Å². The van der Waals surface area contributed by atoms with Crippen LogP contribution in [0.1, 0.15) is 37.0 Å². The Morgan fingerprint density at radius 1 is 1.24 bits per heavy atom. The van der Waals surface area contributed by atoms with Crippen LogP contribution in [-0.2, 0) is 10.0 Å². The Morgan fingerprint density at radius 3 is 2.48 bits per heavy atom. The van der Waals surface area contributed by atoms with E-state index in [1.54, 1.807) is 18.2 Å². The van der Waals surface area contributed by atoms with E-state index in [4.69, 9.17) is 0 Å². The summed E-state index contributed by atoms with van der Waals surface area (Å²) in [6, 6.07) is 6.31. The van der Waals surface area contributed by atoms with Crippen LogP contribution >= 0.6 is 0 Å². The van der Waals surface area contributed by atoms with E-state index < -0.39 is 10.0 Å². The van der Waals surface area contributed by atoms with E-state index in [1.165, 1.54) is 10.4 Å². The lowest BCUT2D eigenvalue weighted by Gasteiger charge is -2.28. The van der Waals surface area contributed by atoms with Gasteiger partial charge in [-0.05, 0) is 50.6 Å². The molecule has 0 aromatic heterocycles. The normalized spacial score (nSPS) is 16.4. The van der Waals surface area contributed by atoms with Gasteiger partial charge in [-0.1, -0.05) is 19.9 Å². The fourth-order valence-corrected chi connectivity index (χ4v) is 4.77. The molecule has 0 bridgehead atoms. The lowest BCUT2D eigenvalue weighted by Crippen LogP contribution is -2.40. The van der Waals surface area contributed by atoms with Crippen LogP contribution in [0.2, 0.25) is 0 Å². The van der Waals surface area contributed by atoms with E-state index in [1.807, 2.05) is 14.1 Å². The number of benzene rings is 1. The van der Waals surface area contributed by atoms with Gasteiger partial charge in [-0.25, -0.2) is 8.42 Å². The van der Waals surface area contributed by atoms with Crippen molar-refractivity contribution < 1.29 is 13.2 Å². The Morgan fingerprint density at radius 2 is 1.88 bits per heavy atom. The number of nitrogens with one attached hydrogen (secondary N) is 1. The number of amides is 1. The number of nitrogens with zero attached hydrogens (tertiary/aromatic N) is 2. The minimum absolute atomic E-state index is 0.0710. The fourth-order valence-electron chi connectivity index (χ4n) is 3.21. The van der Waals surface area contributed by atoms with Crippen molar-refractivity contribution in [3.63, 3.8) is 0 Å². The summed E-state index contributed by atoms with van der Waals surface area (Å²) in [5, 5.41) is 2.92. The van der Waals surface area contributed by atoms with Crippen molar-refractivity contribution in [3.8, 4) is 0 Å². The zero-order valence-electron chi connectivity index (χ0n) is 15.6. The summed E-state index contributed by atoms with van der Waals surface area (Å²) in [6.07, 6.45) is 1.78. The second kappa shape index (κ2) is 7.85. The zero-order chi connectivity index (χ0) is 18.7. The fraction of sp³-hybridized carbons (Fsp3) is 0.611. The van der Waals surface area contributed by atoms with Gasteiger partial charge in [0.2, 0.25) is 10.0 Å². The smallest absolute Gasteiger partial charge is 0.251 e. The van der Waals surface area contributed by atoms with Crippen LogP contribution in [0.4, 0.5) is 0 Å². The van der Waals surface area contributed by atoms with Crippen LogP contribution in [0.15, 0.2) is 29.2 Å². The molecule has 1 fully saturated rings. The average Bonchev–Trinajstić information content (AvgIpc) is 3.07. The highest BCUT2D eigenvalue weighted by Gasteiger charge is 2.28. The molecule has 0 unspecified atom stereocenters. The molecule has 1 aromatic carbocycles. The summed E-state index contributed by atoms with van der Waals surface area (Å²) in [6.45, 7) is 6.64. The summed E-state index contributed by atoms with van der Waals surface area (Å²) in [5.41, 5.74) is 0.305. The second-order valence-electron chi connectivity index (χ2n) is 7.72. The van der Waals surface area contributed by atoms with E-state index >= 15 is 0 Å². The van der Waals surface area contributed by atoms with E-state index in [9.17, 15) is 13.2 Å². The maximum absolute atomic E-state index is 12.6. The summed E-state index contributed by atoms with van der Waals surface area (Å²) in [7, 11) is 0.485. The Balaban J connectivity index is 2.09. The zero-order valence-corrected chi connectivity index (χ0v) is 16.4. The summed E-state index contributed by atoms with van der Waals surface area (Å²) in [5.74, 6) is -0.245. The third-order valence-electron chi connectivity index (χ3n) is 4.27. The van der Waals surface area contributed by atoms with Gasteiger partial charge < -0.3 is 10.2 Å². The van der Waals surface area contributed by atoms with Crippen molar-refractivity contribution in [1.29, 1.82) is 0 Å². The van der Waals surface area contributed by atoms with E-state index in [-0.39, 0.29) is 16.2 Å². The molecule has 0 spiro atoms. The first-order valence-corrected chi connectivity index (χ1v) is 10.1. The molecule has 0 saturated carbocycles. The quantitative estimate of drug-likeness (QED) is 0.798. The molecule has 6 nitrogen and oxygen atoms in total. The minimum Gasteiger partial charge on any atom is -0.351 e. The first kappa shape index (κ1) is 19.9. The van der Waals surface area contributed by atoms with Crippen LogP contribution in [0.3, 0.4) is 0 Å². The summed E-state index contributed by atoms with van der Waals surface area (Å²) < 4.78 is 26.8. The van der Waals surface area contributed by atoms with Gasteiger partial charge in [-0.2, -0.15) is 4.31 Å². The molecule has 1 aliphatic heterocycles. The van der Waals surface area contributed by atoms with Gasteiger partial charge in [-0.15, -0.1) is 0 Å². The molecule has 1 aliphatic rings. The van der Waals surface area contributed by atoms with Crippen LogP contribution in [0.25, 0.3) is 0 Å². The van der Waals surface area contributed by atoms with Gasteiger partial charge in [-0.3, -0.25) is 4.79 Å². The van der Waals surface area contributed by atoms with Crippen molar-refractivity contribution in [2.24, 2.45) is 5.41 Å². The largest absolute Gasteiger partial charge is 0.351 e. The molecule has 140 valence electrons. The Kier molecular flexibility index (Phi) is 6.24. The van der Waals surface area contributed by atoms with Gasteiger partial charge >= 0.3 is 0 Å². The standard InChI is InChI=1S/C18H29N3O3S/c1-18(2,14-20(3)4)13-19-17(22)15-8-7-9-16(12-15)25(23,24)21-10-5-6-11-21/h7-9,12H,5-6,10-11,13-14H2,1-4H3,(H,19,22). The number of carbonyl (C=O) groups is 1. The molecule has 0 radical (unpaired) electrons. The molecule has 0 aliphatic carbocycles. The van der Waals surface area contributed by atoms with E-state index in [0.717, 1.165) is 19.4 Å². The Hall–Kier alpha value is -1.44. The number of hydrogen-bond donors (Lipinski definition) is 1. The number of hydrogen-bond acceptors (Lipinski definition) is 4. The monoisotopic (exact) mass is 367 g/mol. The SMILES string of the molecule is CN(C)CC(C)(C)CNC(=O)c1cccc(S(=O)(=O)N2CCCC2)c1. The van der Waals surface area contributed by atoms with E-state index in [0.29, 0.717) is 25.2 Å². The van der Waals surface area contributed by atoms with E-state index in [2.05, 4.69) is 24.1 Å². The van der Waals surface area contributed by atoms with Gasteiger partial charge in [0.15, 0.2) is 0 Å². The molecule has 1 heterocycles. The lowest BCUT2D eigenvalue weighted by molar-refractivity contribution is 0.0929. The van der Waals surface area contributed by atoms with Crippen molar-refractivity contribution in [2.45, 2.75) is 31.6 Å². The first-order valence-electron chi connectivity index (χ1n) is 8.65. The maximum atomic E-state index is 12.6. The highest BCUT2D eigenvalue weighted by atomic mass is 32.2. The first-order chi connectivity index (χ1) is 11.6. The molecular weight excluding hydrogens is 338 g/mol. The molecule has 1 amide bonds. The topological polar surface area (TPSA) is 69.7 Å². The van der Waals surface area contributed by atoms with Gasteiger partial charge in [0.1, 0.15) is 0 Å². The number of sulfonamides is 1. The molecule has 1 saturated heterocycles. The molecular formula is C18H29N3O3S. The van der Waals surface area contributed by atoms with Crippen LogP contribution < -0.4 is 5.32 Å². The maximum Gasteiger partial charge on any atom is 0.251 e. The molecule has 1 N–H and O–H groups in total. The van der Waals surface area contributed by atoms with Crippen molar-refractivity contribution in [3.05, 3.63) is 29.8 Å². The second-order valence-corrected chi connectivity index (χ2v) is 9.66. The van der Waals surface area contributed by atoms with Crippen molar-refractivity contribution in [2.75, 3.05) is 40.3 Å². The van der Waals surface area contributed by atoms with Crippen molar-refractivity contribution >= 4 is 15.9 Å². The summed E-state index contributed by atoms with van der Waals surface area (Å²) in [4.78, 5) is 14.7. The van der Waals surface area contributed by atoms with Crippen LogP contribution in [0.5, 0.6) is 0 Å². The molecule has 2 rings (SSSR count). The van der Waals surface area contributed by atoms with Gasteiger partial charge in [0.05, 0.1) is 4.90 Å². The summed E-state index contributed by atoms with van der Waals surface area (Å²) >= 11 is 0. The number of carbonyl (C=O) groups excluding carboxylic acids is 1. The van der Waals surface area contributed by atoms with Gasteiger partial charge in [0.25, 0.3) is 5.91 Å². The third kappa shape index (κ3) is 5.26. The highest BCUT2D eigenvalue weighted by molar-refractivity contribution is 7.89. The Bertz CT molecular complexity index is 708. The predicted octanol–water partition coefficient (Wildman–Crippen LogP) is 1.79.